The van der Waals surface area contributed by atoms with Gasteiger partial charge in [-0.2, -0.15) is 0 Å². The molecule has 0 spiro atoms. The number of nitrogens with two attached hydrogens (primary N) is 1. The van der Waals surface area contributed by atoms with E-state index in [0.29, 0.717) is 16.8 Å². The Bertz CT molecular complexity index is 797. The van der Waals surface area contributed by atoms with Gasteiger partial charge in [0.15, 0.2) is 0 Å². The van der Waals surface area contributed by atoms with Crippen molar-refractivity contribution in [3.63, 3.8) is 0 Å². The molecule has 0 amide bonds. The van der Waals surface area contributed by atoms with E-state index >= 15 is 0 Å². The summed E-state index contributed by atoms with van der Waals surface area (Å²) in [6.07, 6.45) is 1.94. The van der Waals surface area contributed by atoms with Crippen molar-refractivity contribution in [1.82, 2.24) is 0 Å². The highest BCUT2D eigenvalue weighted by molar-refractivity contribution is 7.98. The van der Waals surface area contributed by atoms with Gasteiger partial charge in [-0.05, 0) is 62.1 Å². The number of rotatable bonds is 8. The van der Waals surface area contributed by atoms with Crippen molar-refractivity contribution >= 4 is 41.7 Å². The number of amidine groups is 1. The number of hydrogen-bond acceptors (Lipinski definition) is 6. The molecule has 1 atom stereocenters. The third-order valence-electron chi connectivity index (χ3n) is 3.63. The second-order valence-electron chi connectivity index (χ2n) is 5.96. The van der Waals surface area contributed by atoms with Crippen LogP contribution < -0.4 is 20.9 Å². The summed E-state index contributed by atoms with van der Waals surface area (Å²) in [6, 6.07) is 10.9. The topological polar surface area (TPSA) is 111 Å². The Balaban J connectivity index is 0.00000364. The number of benzene rings is 2. The summed E-state index contributed by atoms with van der Waals surface area (Å²) in [6.45, 7) is 3.88. The molecule has 0 aromatic heterocycles. The summed E-state index contributed by atoms with van der Waals surface area (Å²) < 4.78 is 5.75. The molecule has 0 fully saturated rings. The Morgan fingerprint density at radius 1 is 1.22 bits per heavy atom. The number of anilines is 1. The van der Waals surface area contributed by atoms with Crippen LogP contribution in [0.2, 0.25) is 0 Å². The Morgan fingerprint density at radius 3 is 2.33 bits per heavy atom. The minimum atomic E-state index is -1.23. The SMILES string of the molecule is CSc1cc(C(Nc2ccc(C(=N)N)cc2)C(=O)[O-])ccc1OC(C)C.Cl. The van der Waals surface area contributed by atoms with Gasteiger partial charge in [0.25, 0.3) is 0 Å². The number of carboxylic acid groups (broad SMARTS) is 1. The van der Waals surface area contributed by atoms with Gasteiger partial charge in [-0.1, -0.05) is 6.07 Å². The van der Waals surface area contributed by atoms with Crippen LogP contribution in [0.3, 0.4) is 0 Å². The van der Waals surface area contributed by atoms with Crippen molar-refractivity contribution in [2.24, 2.45) is 5.73 Å². The lowest BCUT2D eigenvalue weighted by molar-refractivity contribution is -0.307. The molecule has 2 rings (SSSR count). The molecule has 1 unspecified atom stereocenters. The third-order valence-corrected chi connectivity index (χ3v) is 4.39. The van der Waals surface area contributed by atoms with Crippen LogP contribution in [0.25, 0.3) is 0 Å². The van der Waals surface area contributed by atoms with Gasteiger partial charge in [0, 0.05) is 16.1 Å². The first-order valence-electron chi connectivity index (χ1n) is 8.08. The zero-order chi connectivity index (χ0) is 19.3. The Morgan fingerprint density at radius 2 is 1.85 bits per heavy atom. The lowest BCUT2D eigenvalue weighted by atomic mass is 10.1. The Kier molecular flexibility index (Phi) is 8.46. The molecule has 0 aliphatic carbocycles. The number of nitrogen functional groups attached to an aromatic ring is 1. The highest BCUT2D eigenvalue weighted by Crippen LogP contribution is 2.32. The van der Waals surface area contributed by atoms with Gasteiger partial charge in [-0.3, -0.25) is 5.41 Å². The number of halogens is 1. The molecular formula is C19H23ClN3O3S-. The second-order valence-corrected chi connectivity index (χ2v) is 6.81. The van der Waals surface area contributed by atoms with Gasteiger partial charge >= 0.3 is 0 Å². The van der Waals surface area contributed by atoms with Crippen molar-refractivity contribution in [3.05, 3.63) is 53.6 Å². The monoisotopic (exact) mass is 408 g/mol. The van der Waals surface area contributed by atoms with Crippen molar-refractivity contribution in [3.8, 4) is 5.75 Å². The zero-order valence-electron chi connectivity index (χ0n) is 15.3. The number of thioether (sulfide) groups is 1. The van der Waals surface area contributed by atoms with E-state index in [2.05, 4.69) is 5.32 Å². The molecule has 4 N–H and O–H groups in total. The predicted molar refractivity (Wildman–Crippen MR) is 110 cm³/mol. The molecule has 2 aromatic carbocycles. The van der Waals surface area contributed by atoms with Crippen LogP contribution >= 0.6 is 24.2 Å². The van der Waals surface area contributed by atoms with Crippen LogP contribution in [0, 0.1) is 5.41 Å². The zero-order valence-corrected chi connectivity index (χ0v) is 16.9. The fourth-order valence-electron chi connectivity index (χ4n) is 2.41. The predicted octanol–water partition coefficient (Wildman–Crippen LogP) is 2.80. The van der Waals surface area contributed by atoms with Crippen LogP contribution in [0.1, 0.15) is 31.0 Å². The smallest absolute Gasteiger partial charge is 0.133 e. The first-order chi connectivity index (χ1) is 12.3. The van der Waals surface area contributed by atoms with E-state index in [0.717, 1.165) is 10.6 Å². The largest absolute Gasteiger partial charge is 0.548 e. The van der Waals surface area contributed by atoms with E-state index in [1.165, 1.54) is 11.8 Å². The van der Waals surface area contributed by atoms with Crippen LogP contribution in [0.5, 0.6) is 5.75 Å². The molecule has 0 saturated heterocycles. The van der Waals surface area contributed by atoms with E-state index in [9.17, 15) is 9.90 Å². The normalized spacial score (nSPS) is 11.4. The number of ether oxygens (including phenoxy) is 1. The quantitative estimate of drug-likeness (QED) is 0.352. The Labute approximate surface area is 169 Å². The lowest BCUT2D eigenvalue weighted by Gasteiger charge is -2.23. The number of carbonyl (C=O) groups is 1. The first-order valence-corrected chi connectivity index (χ1v) is 9.30. The average Bonchev–Trinajstić information content (AvgIpc) is 2.59. The minimum Gasteiger partial charge on any atom is -0.548 e. The summed E-state index contributed by atoms with van der Waals surface area (Å²) in [5.41, 5.74) is 7.16. The van der Waals surface area contributed by atoms with Gasteiger partial charge in [0.1, 0.15) is 11.6 Å². The van der Waals surface area contributed by atoms with Gasteiger partial charge in [0.2, 0.25) is 0 Å². The van der Waals surface area contributed by atoms with Crippen LogP contribution in [0.15, 0.2) is 47.4 Å². The van der Waals surface area contributed by atoms with Crippen LogP contribution in [-0.4, -0.2) is 24.2 Å². The van der Waals surface area contributed by atoms with Crippen molar-refractivity contribution in [2.75, 3.05) is 11.6 Å². The minimum absolute atomic E-state index is 0. The molecule has 2 aromatic rings. The highest BCUT2D eigenvalue weighted by atomic mass is 35.5. The summed E-state index contributed by atoms with van der Waals surface area (Å²) >= 11 is 1.49. The van der Waals surface area contributed by atoms with Crippen molar-refractivity contribution in [2.45, 2.75) is 30.9 Å². The van der Waals surface area contributed by atoms with Gasteiger partial charge in [-0.15, -0.1) is 24.2 Å². The number of nitrogens with one attached hydrogen (secondary N) is 2. The fraction of sp³-hybridized carbons (Fsp3) is 0.263. The molecule has 0 aliphatic rings. The molecule has 0 aliphatic heterocycles. The molecule has 0 heterocycles. The third kappa shape index (κ3) is 6.08. The van der Waals surface area contributed by atoms with E-state index in [-0.39, 0.29) is 24.3 Å². The highest BCUT2D eigenvalue weighted by Gasteiger charge is 2.16. The first kappa shape index (κ1) is 22.7. The maximum absolute atomic E-state index is 11.7. The van der Waals surface area contributed by atoms with Crippen molar-refractivity contribution < 1.29 is 14.6 Å². The molecular weight excluding hydrogens is 386 g/mol. The van der Waals surface area contributed by atoms with Crippen LogP contribution in [-0.2, 0) is 4.79 Å². The molecule has 0 radical (unpaired) electrons. The Hall–Kier alpha value is -2.38. The van der Waals surface area contributed by atoms with Gasteiger partial charge in [0.05, 0.1) is 18.1 Å². The molecule has 0 bridgehead atoms. The maximum atomic E-state index is 11.7. The summed E-state index contributed by atoms with van der Waals surface area (Å²) in [7, 11) is 0. The van der Waals surface area contributed by atoms with E-state index in [1.807, 2.05) is 20.1 Å². The summed E-state index contributed by atoms with van der Waals surface area (Å²) in [4.78, 5) is 12.5. The summed E-state index contributed by atoms with van der Waals surface area (Å²) in [5, 5.41) is 22.0. The summed E-state index contributed by atoms with van der Waals surface area (Å²) in [5.74, 6) is -0.553. The van der Waals surface area contributed by atoms with E-state index < -0.39 is 12.0 Å². The number of hydrogen-bond donors (Lipinski definition) is 3. The number of aliphatic carboxylic acids is 1. The van der Waals surface area contributed by atoms with Gasteiger partial charge < -0.3 is 25.7 Å². The number of carboxylic acids is 1. The molecule has 146 valence electrons. The molecule has 27 heavy (non-hydrogen) atoms. The lowest BCUT2D eigenvalue weighted by Crippen LogP contribution is -2.34. The average molecular weight is 409 g/mol. The fourth-order valence-corrected chi connectivity index (χ4v) is 2.98. The molecule has 6 nitrogen and oxygen atoms in total. The van der Waals surface area contributed by atoms with Gasteiger partial charge in [-0.25, -0.2) is 0 Å². The molecule has 8 heteroatoms. The second kappa shape index (κ2) is 10.1. The standard InChI is InChI=1S/C19H23N3O3S.ClH/c1-11(2)25-15-9-6-13(10-16(15)26-3)17(19(23)24)22-14-7-4-12(5-8-14)18(20)21;/h4-11,17,22H,1-3H3,(H3,20,21)(H,23,24);1H/p-1. The molecule has 0 saturated carbocycles. The number of carbonyl (C=O) groups excluding carboxylic acids is 1. The maximum Gasteiger partial charge on any atom is 0.133 e. The van der Waals surface area contributed by atoms with E-state index in [4.69, 9.17) is 15.9 Å². The van der Waals surface area contributed by atoms with E-state index in [1.54, 1.807) is 42.5 Å². The van der Waals surface area contributed by atoms with Crippen LogP contribution in [0.4, 0.5) is 5.69 Å². The van der Waals surface area contributed by atoms with Crippen molar-refractivity contribution in [1.29, 1.82) is 5.41 Å².